The smallest absolute Gasteiger partial charge is 0.404 e. The molecule has 3 N–H and O–H groups in total. The van der Waals surface area contributed by atoms with E-state index in [4.69, 9.17) is 19.7 Å². The lowest BCUT2D eigenvalue weighted by atomic mass is 9.77. The molecule has 34 heavy (non-hydrogen) atoms. The van der Waals surface area contributed by atoms with Gasteiger partial charge in [-0.05, 0) is 35.7 Å². The molecule has 2 unspecified atom stereocenters. The van der Waals surface area contributed by atoms with E-state index in [1.807, 2.05) is 20.8 Å². The molecule has 0 bridgehead atoms. The highest BCUT2D eigenvalue weighted by atomic mass is 19.3. The summed E-state index contributed by atoms with van der Waals surface area (Å²) in [5.41, 5.74) is 5.23. The number of aliphatic hydroxyl groups excluding tert-OH is 1. The summed E-state index contributed by atoms with van der Waals surface area (Å²) in [5.74, 6) is 0.386. The zero-order valence-corrected chi connectivity index (χ0v) is 18.6. The molecule has 182 valence electrons. The third-order valence-electron chi connectivity index (χ3n) is 4.73. The minimum absolute atomic E-state index is 0.0798. The number of primary amides is 1. The van der Waals surface area contributed by atoms with E-state index in [0.29, 0.717) is 11.3 Å². The fraction of sp³-hybridized carbons (Fsp3) is 0.364. The summed E-state index contributed by atoms with van der Waals surface area (Å²) < 4.78 is 44.8. The molecule has 0 aliphatic carbocycles. The number of pyridine rings is 1. The van der Waals surface area contributed by atoms with Crippen molar-refractivity contribution in [2.75, 3.05) is 6.61 Å². The maximum Gasteiger partial charge on any atom is 0.404 e. The van der Waals surface area contributed by atoms with Crippen molar-refractivity contribution >= 4 is 6.09 Å². The minimum Gasteiger partial charge on any atom is -0.443 e. The van der Waals surface area contributed by atoms with Gasteiger partial charge in [-0.3, -0.25) is 0 Å². The molecular weight excluding hydrogens is 454 g/mol. The lowest BCUT2D eigenvalue weighted by Crippen LogP contribution is -2.37. The van der Waals surface area contributed by atoms with E-state index in [-0.39, 0.29) is 23.3 Å². The number of halogens is 2. The van der Waals surface area contributed by atoms with E-state index in [1.54, 1.807) is 24.3 Å². The molecule has 0 saturated heterocycles. The van der Waals surface area contributed by atoms with Gasteiger partial charge in [0, 0.05) is 11.6 Å². The van der Waals surface area contributed by atoms with E-state index in [2.05, 4.69) is 19.9 Å². The number of alkyl halides is 2. The van der Waals surface area contributed by atoms with Crippen molar-refractivity contribution in [3.05, 3.63) is 48.5 Å². The van der Waals surface area contributed by atoms with Gasteiger partial charge >= 0.3 is 12.7 Å². The molecule has 0 aliphatic heterocycles. The average Bonchev–Trinajstić information content (AvgIpc) is 3.23. The summed E-state index contributed by atoms with van der Waals surface area (Å²) in [5, 5.41) is 13.7. The molecule has 3 aromatic rings. The van der Waals surface area contributed by atoms with E-state index < -0.39 is 36.7 Å². The Morgan fingerprint density at radius 2 is 1.82 bits per heavy atom. The molecule has 0 fully saturated rings. The second kappa shape index (κ2) is 10.4. The molecule has 2 heterocycles. The van der Waals surface area contributed by atoms with Gasteiger partial charge in [0.15, 0.2) is 0 Å². The van der Waals surface area contributed by atoms with Gasteiger partial charge in [0.05, 0.1) is 18.7 Å². The lowest BCUT2D eigenvalue weighted by Gasteiger charge is -2.32. The van der Waals surface area contributed by atoms with Crippen molar-refractivity contribution < 1.29 is 37.4 Å². The Bertz CT molecular complexity index is 1080. The van der Waals surface area contributed by atoms with E-state index in [9.17, 15) is 18.7 Å². The summed E-state index contributed by atoms with van der Waals surface area (Å²) in [6.45, 7) is 2.22. The van der Waals surface area contributed by atoms with Gasteiger partial charge in [0.25, 0.3) is 0 Å². The van der Waals surface area contributed by atoms with Crippen molar-refractivity contribution in [2.45, 2.75) is 39.4 Å². The summed E-state index contributed by atoms with van der Waals surface area (Å²) >= 11 is 0. The number of carbonyl (C=O) groups excluding carboxylic acids is 1. The number of nitrogens with two attached hydrogens (primary N) is 1. The van der Waals surface area contributed by atoms with Crippen LogP contribution in [0.4, 0.5) is 13.6 Å². The van der Waals surface area contributed by atoms with E-state index in [0.717, 1.165) is 6.20 Å². The van der Waals surface area contributed by atoms with Crippen LogP contribution in [0.15, 0.2) is 47.1 Å². The average molecular weight is 478 g/mol. The maximum atomic E-state index is 12.2. The van der Waals surface area contributed by atoms with E-state index >= 15 is 0 Å². The first-order valence-corrected chi connectivity index (χ1v) is 10.2. The van der Waals surface area contributed by atoms with Gasteiger partial charge in [-0.2, -0.15) is 13.8 Å². The second-order valence-corrected chi connectivity index (χ2v) is 8.29. The zero-order chi connectivity index (χ0) is 24.9. The molecule has 0 radical (unpaired) electrons. The van der Waals surface area contributed by atoms with Crippen LogP contribution in [-0.2, 0) is 4.74 Å². The SMILES string of the molecule is CC(C)(C)C(c1nc(-c2ccc(Oc3ccc(OC(F)F)cn3)cc2)no1)C(CO)OC(N)=O. The molecular formula is C22H24F2N4O6. The van der Waals surface area contributed by atoms with Crippen molar-refractivity contribution in [1.29, 1.82) is 0 Å². The molecule has 2 atom stereocenters. The number of hydrogen-bond donors (Lipinski definition) is 2. The zero-order valence-electron chi connectivity index (χ0n) is 18.6. The number of nitrogens with zero attached hydrogens (tertiary/aromatic N) is 3. The highest BCUT2D eigenvalue weighted by Gasteiger charge is 2.40. The molecule has 0 spiro atoms. The van der Waals surface area contributed by atoms with Crippen molar-refractivity contribution in [1.82, 2.24) is 15.1 Å². The van der Waals surface area contributed by atoms with Crippen molar-refractivity contribution in [3.8, 4) is 28.8 Å². The number of hydrogen-bond acceptors (Lipinski definition) is 9. The number of benzene rings is 1. The second-order valence-electron chi connectivity index (χ2n) is 8.29. The Morgan fingerprint density at radius 1 is 1.15 bits per heavy atom. The molecule has 1 aromatic carbocycles. The highest BCUT2D eigenvalue weighted by molar-refractivity contribution is 5.65. The van der Waals surface area contributed by atoms with Crippen LogP contribution >= 0.6 is 0 Å². The van der Waals surface area contributed by atoms with Crippen molar-refractivity contribution in [3.63, 3.8) is 0 Å². The first-order chi connectivity index (χ1) is 16.1. The highest BCUT2D eigenvalue weighted by Crippen LogP contribution is 2.39. The number of carbonyl (C=O) groups is 1. The predicted octanol–water partition coefficient (Wildman–Crippen LogP) is 4.11. The summed E-state index contributed by atoms with van der Waals surface area (Å²) in [6.07, 6.45) is -0.856. The Kier molecular flexibility index (Phi) is 7.61. The van der Waals surface area contributed by atoms with E-state index in [1.165, 1.54) is 12.1 Å². The molecule has 10 nitrogen and oxygen atoms in total. The van der Waals surface area contributed by atoms with Gasteiger partial charge < -0.3 is 29.6 Å². The summed E-state index contributed by atoms with van der Waals surface area (Å²) in [6, 6.07) is 9.38. The lowest BCUT2D eigenvalue weighted by molar-refractivity contribution is -0.0501. The number of amides is 1. The van der Waals surface area contributed by atoms with Crippen LogP contribution in [-0.4, -0.2) is 45.6 Å². The maximum absolute atomic E-state index is 12.2. The normalized spacial score (nSPS) is 13.4. The molecule has 3 rings (SSSR count). The fourth-order valence-corrected chi connectivity index (χ4v) is 3.32. The molecule has 1 amide bonds. The van der Waals surface area contributed by atoms with Crippen LogP contribution in [0.5, 0.6) is 17.4 Å². The van der Waals surface area contributed by atoms with Gasteiger partial charge in [0.2, 0.25) is 17.6 Å². The molecule has 12 heteroatoms. The number of ether oxygens (including phenoxy) is 3. The first kappa shape index (κ1) is 24.8. The van der Waals surface area contributed by atoms with Gasteiger partial charge in [-0.25, -0.2) is 9.78 Å². The largest absolute Gasteiger partial charge is 0.443 e. The van der Waals surface area contributed by atoms with Crippen LogP contribution in [0.25, 0.3) is 11.4 Å². The fourth-order valence-electron chi connectivity index (χ4n) is 3.32. The Labute approximate surface area is 193 Å². The molecule has 2 aromatic heterocycles. The summed E-state index contributed by atoms with van der Waals surface area (Å²) in [4.78, 5) is 19.6. The Morgan fingerprint density at radius 3 is 2.35 bits per heavy atom. The van der Waals surface area contributed by atoms with Crippen LogP contribution in [0, 0.1) is 5.41 Å². The van der Waals surface area contributed by atoms with Crippen LogP contribution in [0.2, 0.25) is 0 Å². The van der Waals surface area contributed by atoms with Crippen LogP contribution in [0.1, 0.15) is 32.6 Å². The third-order valence-corrected chi connectivity index (χ3v) is 4.73. The summed E-state index contributed by atoms with van der Waals surface area (Å²) in [7, 11) is 0. The standard InChI is InChI=1S/C22H24F2N4O6/c1-22(2,3)17(15(11-29)33-21(25)30)19-27-18(28-34-19)12-4-6-13(7-5-12)31-16-9-8-14(10-26-16)32-20(23)24/h4-10,15,17,20,29H,11H2,1-3H3,(H2,25,30). The van der Waals surface area contributed by atoms with Crippen LogP contribution in [0.3, 0.4) is 0 Å². The predicted molar refractivity (Wildman–Crippen MR) is 114 cm³/mol. The van der Waals surface area contributed by atoms with Gasteiger partial charge in [0.1, 0.15) is 17.6 Å². The first-order valence-electron chi connectivity index (χ1n) is 10.2. The number of aliphatic hydroxyl groups is 1. The Balaban J connectivity index is 1.75. The molecule has 0 aliphatic rings. The van der Waals surface area contributed by atoms with Gasteiger partial charge in [-0.15, -0.1) is 0 Å². The topological polar surface area (TPSA) is 143 Å². The monoisotopic (exact) mass is 478 g/mol. The van der Waals surface area contributed by atoms with Crippen molar-refractivity contribution in [2.24, 2.45) is 11.1 Å². The number of aromatic nitrogens is 3. The third kappa shape index (κ3) is 6.38. The Hall–Kier alpha value is -3.80. The number of rotatable bonds is 9. The minimum atomic E-state index is -2.93. The quantitative estimate of drug-likeness (QED) is 0.464. The molecule has 0 saturated carbocycles. The van der Waals surface area contributed by atoms with Gasteiger partial charge in [-0.1, -0.05) is 25.9 Å². The van der Waals surface area contributed by atoms with Crippen LogP contribution < -0.4 is 15.2 Å².